The molecule has 3 atom stereocenters. The van der Waals surface area contributed by atoms with E-state index >= 15 is 0 Å². The largest absolute Gasteiger partial charge is 0.366 e. The highest BCUT2D eigenvalue weighted by atomic mass is 16.2. The fourth-order valence-corrected chi connectivity index (χ4v) is 5.63. The van der Waals surface area contributed by atoms with Gasteiger partial charge in [-0.05, 0) is 54.9 Å². The first kappa shape index (κ1) is 23.2. The normalized spacial score (nSPS) is 21.7. The number of hydrogen-bond donors (Lipinski definition) is 1. The quantitative estimate of drug-likeness (QED) is 0.544. The summed E-state index contributed by atoms with van der Waals surface area (Å²) in [6, 6.07) is 18.7. The zero-order valence-electron chi connectivity index (χ0n) is 20.1. The van der Waals surface area contributed by atoms with E-state index in [2.05, 4.69) is 21.3 Å². The summed E-state index contributed by atoms with van der Waals surface area (Å²) in [5, 5.41) is 8.58. The van der Waals surface area contributed by atoms with Crippen LogP contribution in [0.25, 0.3) is 0 Å². The standard InChI is InChI=1S/C27H32N6O2/c1-31(15-19-6-3-2-4-7-19)26(34)18-32-16-23(29-30-32)17-33-24-10-11-25(33)14-22(13-24)20-8-5-9-21(12-20)27(28)35/h2-9,12,16,22,24-25H,10-11,13-15,17-18H2,1H3,(H2,28,35)/t22?,24-,25+. The number of nitrogens with two attached hydrogens (primary N) is 1. The van der Waals surface area contributed by atoms with Crippen molar-refractivity contribution >= 4 is 11.8 Å². The number of nitrogens with zero attached hydrogens (tertiary/aromatic N) is 5. The van der Waals surface area contributed by atoms with Crippen molar-refractivity contribution < 1.29 is 9.59 Å². The van der Waals surface area contributed by atoms with Crippen molar-refractivity contribution in [2.24, 2.45) is 5.73 Å². The first-order valence-electron chi connectivity index (χ1n) is 12.3. The van der Waals surface area contributed by atoms with Gasteiger partial charge in [-0.2, -0.15) is 0 Å². The molecule has 2 aliphatic rings. The number of fused-ring (bicyclic) bond motifs is 2. The lowest BCUT2D eigenvalue weighted by atomic mass is 9.84. The summed E-state index contributed by atoms with van der Waals surface area (Å²) < 4.78 is 1.64. The molecule has 3 aromatic rings. The highest BCUT2D eigenvalue weighted by Gasteiger charge is 2.41. The summed E-state index contributed by atoms with van der Waals surface area (Å²) in [7, 11) is 1.81. The topological polar surface area (TPSA) is 97.3 Å². The van der Waals surface area contributed by atoms with E-state index in [1.807, 2.05) is 55.7 Å². The molecule has 2 amide bonds. The third-order valence-corrected chi connectivity index (χ3v) is 7.44. The van der Waals surface area contributed by atoms with Gasteiger partial charge in [-0.1, -0.05) is 47.7 Å². The summed E-state index contributed by atoms with van der Waals surface area (Å²) >= 11 is 0. The van der Waals surface area contributed by atoms with Crippen molar-refractivity contribution in [1.82, 2.24) is 24.8 Å². The number of likely N-dealkylation sites (N-methyl/N-ethyl adjacent to an activating group) is 1. The van der Waals surface area contributed by atoms with Gasteiger partial charge >= 0.3 is 0 Å². The minimum Gasteiger partial charge on any atom is -0.366 e. The number of amides is 2. The molecule has 0 aliphatic carbocycles. The molecule has 35 heavy (non-hydrogen) atoms. The lowest BCUT2D eigenvalue weighted by Gasteiger charge is -2.38. The molecule has 8 nitrogen and oxygen atoms in total. The van der Waals surface area contributed by atoms with Crippen molar-refractivity contribution in [3.8, 4) is 0 Å². The summed E-state index contributed by atoms with van der Waals surface area (Å²) in [5.41, 5.74) is 9.27. The van der Waals surface area contributed by atoms with Crippen molar-refractivity contribution in [1.29, 1.82) is 0 Å². The van der Waals surface area contributed by atoms with E-state index in [9.17, 15) is 9.59 Å². The van der Waals surface area contributed by atoms with Crippen LogP contribution in [0.5, 0.6) is 0 Å². The smallest absolute Gasteiger partial charge is 0.248 e. The molecule has 5 rings (SSSR count). The predicted octanol–water partition coefficient (Wildman–Crippen LogP) is 2.95. The molecule has 2 saturated heterocycles. The number of rotatable bonds is 8. The maximum atomic E-state index is 12.7. The second-order valence-electron chi connectivity index (χ2n) is 9.86. The van der Waals surface area contributed by atoms with E-state index in [1.165, 1.54) is 18.4 Å². The molecule has 0 spiro atoms. The molecule has 2 fully saturated rings. The number of carbonyl (C=O) groups excluding carboxylic acids is 2. The van der Waals surface area contributed by atoms with Gasteiger partial charge in [0.25, 0.3) is 0 Å². The van der Waals surface area contributed by atoms with E-state index in [0.717, 1.165) is 30.6 Å². The molecule has 2 aromatic carbocycles. The number of benzene rings is 2. The zero-order valence-corrected chi connectivity index (χ0v) is 20.1. The minimum atomic E-state index is -0.375. The summed E-state index contributed by atoms with van der Waals surface area (Å²) in [4.78, 5) is 28.5. The summed E-state index contributed by atoms with van der Waals surface area (Å²) in [5.74, 6) is 0.0703. The molecule has 182 valence electrons. The SMILES string of the molecule is CN(Cc1ccccc1)C(=O)Cn1cc(CN2[C@@H]3CC[C@H]2CC(c2cccc(C(N)=O)c2)C3)nn1. The molecule has 3 heterocycles. The second kappa shape index (κ2) is 10.00. The average Bonchev–Trinajstić information content (AvgIpc) is 3.39. The van der Waals surface area contributed by atoms with Gasteiger partial charge in [0.05, 0.1) is 11.9 Å². The Labute approximate surface area is 205 Å². The van der Waals surface area contributed by atoms with Crippen molar-refractivity contribution in [3.05, 3.63) is 83.2 Å². The third-order valence-electron chi connectivity index (χ3n) is 7.44. The van der Waals surface area contributed by atoms with E-state index in [0.29, 0.717) is 30.1 Å². The maximum absolute atomic E-state index is 12.7. The number of piperidine rings is 1. The fourth-order valence-electron chi connectivity index (χ4n) is 5.63. The van der Waals surface area contributed by atoms with Crippen LogP contribution in [-0.4, -0.2) is 55.7 Å². The Hall–Kier alpha value is -3.52. The lowest BCUT2D eigenvalue weighted by Crippen LogP contribution is -2.41. The van der Waals surface area contributed by atoms with Crippen LogP contribution in [0.2, 0.25) is 0 Å². The highest BCUT2D eigenvalue weighted by Crippen LogP contribution is 2.43. The average molecular weight is 473 g/mol. The second-order valence-corrected chi connectivity index (χ2v) is 9.86. The maximum Gasteiger partial charge on any atom is 0.248 e. The minimum absolute atomic E-state index is 0.00405. The van der Waals surface area contributed by atoms with Gasteiger partial charge in [0.2, 0.25) is 11.8 Å². The molecule has 2 aliphatic heterocycles. The molecule has 8 heteroatoms. The van der Waals surface area contributed by atoms with Crippen LogP contribution in [-0.2, 0) is 24.4 Å². The zero-order chi connectivity index (χ0) is 24.4. The van der Waals surface area contributed by atoms with Gasteiger partial charge in [0, 0.05) is 37.8 Å². The first-order valence-corrected chi connectivity index (χ1v) is 12.3. The number of aromatic nitrogens is 3. The molecule has 2 N–H and O–H groups in total. The summed E-state index contributed by atoms with van der Waals surface area (Å²) in [6.07, 6.45) is 6.38. The first-order chi connectivity index (χ1) is 17.0. The van der Waals surface area contributed by atoms with Crippen LogP contribution in [0, 0.1) is 0 Å². The molecule has 2 bridgehead atoms. The van der Waals surface area contributed by atoms with Crippen LogP contribution in [0.1, 0.15) is 58.8 Å². The Bertz CT molecular complexity index is 1180. The predicted molar refractivity (Wildman–Crippen MR) is 132 cm³/mol. The van der Waals surface area contributed by atoms with Crippen LogP contribution in [0.3, 0.4) is 0 Å². The van der Waals surface area contributed by atoms with Gasteiger partial charge < -0.3 is 10.6 Å². The number of carbonyl (C=O) groups is 2. The van der Waals surface area contributed by atoms with E-state index in [4.69, 9.17) is 5.73 Å². The number of primary amides is 1. The van der Waals surface area contributed by atoms with Gasteiger partial charge in [-0.15, -0.1) is 5.10 Å². The van der Waals surface area contributed by atoms with Crippen LogP contribution < -0.4 is 5.73 Å². The van der Waals surface area contributed by atoms with Gasteiger partial charge in [-0.3, -0.25) is 14.5 Å². The van der Waals surface area contributed by atoms with Crippen LogP contribution >= 0.6 is 0 Å². The Morgan fingerprint density at radius 2 is 1.80 bits per heavy atom. The number of hydrogen-bond acceptors (Lipinski definition) is 5. The fraction of sp³-hybridized carbons (Fsp3) is 0.407. The van der Waals surface area contributed by atoms with E-state index in [-0.39, 0.29) is 18.4 Å². The van der Waals surface area contributed by atoms with Gasteiger partial charge in [-0.25, -0.2) is 4.68 Å². The van der Waals surface area contributed by atoms with Crippen molar-refractivity contribution in [2.75, 3.05) is 7.05 Å². The lowest BCUT2D eigenvalue weighted by molar-refractivity contribution is -0.131. The molecular weight excluding hydrogens is 440 g/mol. The van der Waals surface area contributed by atoms with Crippen LogP contribution in [0.4, 0.5) is 0 Å². The van der Waals surface area contributed by atoms with E-state index in [1.54, 1.807) is 15.6 Å². The van der Waals surface area contributed by atoms with Crippen LogP contribution in [0.15, 0.2) is 60.8 Å². The molecule has 0 radical (unpaired) electrons. The Morgan fingerprint density at radius 3 is 2.51 bits per heavy atom. The van der Waals surface area contributed by atoms with E-state index < -0.39 is 0 Å². The molecular formula is C27H32N6O2. The molecule has 1 unspecified atom stereocenters. The van der Waals surface area contributed by atoms with Crippen molar-refractivity contribution in [3.63, 3.8) is 0 Å². The monoisotopic (exact) mass is 472 g/mol. The molecule has 0 saturated carbocycles. The van der Waals surface area contributed by atoms with Crippen molar-refractivity contribution in [2.45, 2.75) is 63.3 Å². The summed E-state index contributed by atoms with van der Waals surface area (Å²) in [6.45, 7) is 1.50. The Kier molecular flexibility index (Phi) is 6.63. The Balaban J connectivity index is 1.18. The molecule has 1 aromatic heterocycles. The third kappa shape index (κ3) is 5.27. The highest BCUT2D eigenvalue weighted by molar-refractivity contribution is 5.92. The Morgan fingerprint density at radius 1 is 1.06 bits per heavy atom. The van der Waals surface area contributed by atoms with Gasteiger partial charge in [0.15, 0.2) is 0 Å². The van der Waals surface area contributed by atoms with Gasteiger partial charge in [0.1, 0.15) is 6.54 Å².